The van der Waals surface area contributed by atoms with Crippen molar-refractivity contribution < 1.29 is 19.3 Å². The van der Waals surface area contributed by atoms with Crippen molar-refractivity contribution in [3.8, 4) is 0 Å². The molecule has 0 aliphatic carbocycles. The van der Waals surface area contributed by atoms with E-state index in [0.717, 1.165) is 11.1 Å². The highest BCUT2D eigenvalue weighted by Crippen LogP contribution is 2.11. The molecule has 0 heterocycles. The number of carbonyl (C=O) groups is 1. The second-order valence-corrected chi connectivity index (χ2v) is 4.03. The van der Waals surface area contributed by atoms with Gasteiger partial charge in [-0.3, -0.25) is 4.89 Å². The van der Waals surface area contributed by atoms with Gasteiger partial charge in [0.05, 0.1) is 12.2 Å². The molecule has 0 saturated heterocycles. The molecule has 0 radical (unpaired) electrons. The molecule has 0 aromatic heterocycles. The predicted molar refractivity (Wildman–Crippen MR) is 63.8 cm³/mol. The molecule has 1 unspecified atom stereocenters. The number of methoxy groups -OCH3 is 1. The summed E-state index contributed by atoms with van der Waals surface area (Å²) in [4.78, 5) is 21.2. The van der Waals surface area contributed by atoms with Crippen LogP contribution >= 0.6 is 0 Å². The van der Waals surface area contributed by atoms with E-state index in [1.807, 2.05) is 19.9 Å². The van der Waals surface area contributed by atoms with Crippen LogP contribution in [0.15, 0.2) is 18.2 Å². The Labute approximate surface area is 101 Å². The zero-order valence-corrected chi connectivity index (χ0v) is 10.6. The highest BCUT2D eigenvalue weighted by molar-refractivity contribution is 5.89. The van der Waals surface area contributed by atoms with Crippen LogP contribution in [-0.4, -0.2) is 25.8 Å². The summed E-state index contributed by atoms with van der Waals surface area (Å²) >= 11 is 0. The first kappa shape index (κ1) is 13.7. The number of aryl methyl sites for hydroxylation is 2. The molecule has 0 saturated carbocycles. The minimum Gasteiger partial charge on any atom is -0.382 e. The van der Waals surface area contributed by atoms with Gasteiger partial charge in [0.2, 0.25) is 0 Å². The Hall–Kier alpha value is -1.39. The molecule has 1 aromatic carbocycles. The molecule has 0 N–H and O–H groups in total. The average molecular weight is 238 g/mol. The molecule has 17 heavy (non-hydrogen) atoms. The van der Waals surface area contributed by atoms with Crippen molar-refractivity contribution in [1.29, 1.82) is 0 Å². The zero-order chi connectivity index (χ0) is 12.8. The molecular weight excluding hydrogens is 220 g/mol. The molecule has 4 nitrogen and oxygen atoms in total. The lowest BCUT2D eigenvalue weighted by atomic mass is 10.1. The van der Waals surface area contributed by atoms with Crippen molar-refractivity contribution in [2.75, 3.05) is 13.7 Å². The molecule has 94 valence electrons. The summed E-state index contributed by atoms with van der Waals surface area (Å²) in [6, 6.07) is 5.38. The Kier molecular flexibility index (Phi) is 5.12. The van der Waals surface area contributed by atoms with Crippen molar-refractivity contribution in [3.63, 3.8) is 0 Å². The van der Waals surface area contributed by atoms with Gasteiger partial charge in [-0.05, 0) is 44.0 Å². The van der Waals surface area contributed by atoms with Gasteiger partial charge in [-0.15, -0.1) is 0 Å². The van der Waals surface area contributed by atoms with Gasteiger partial charge in [-0.25, -0.2) is 4.79 Å². The lowest BCUT2D eigenvalue weighted by Crippen LogP contribution is -2.18. The number of hydrogen-bond donors (Lipinski definition) is 0. The molecule has 0 aliphatic rings. The van der Waals surface area contributed by atoms with Crippen LogP contribution in [0.25, 0.3) is 0 Å². The van der Waals surface area contributed by atoms with Crippen molar-refractivity contribution in [2.24, 2.45) is 0 Å². The second-order valence-electron chi connectivity index (χ2n) is 4.03. The summed E-state index contributed by atoms with van der Waals surface area (Å²) in [7, 11) is 1.56. The summed E-state index contributed by atoms with van der Waals surface area (Å²) in [5.41, 5.74) is 2.66. The van der Waals surface area contributed by atoms with E-state index in [0.29, 0.717) is 12.2 Å². The zero-order valence-electron chi connectivity index (χ0n) is 10.6. The van der Waals surface area contributed by atoms with Crippen LogP contribution in [0.5, 0.6) is 0 Å². The van der Waals surface area contributed by atoms with Gasteiger partial charge in [0.15, 0.2) is 0 Å². The van der Waals surface area contributed by atoms with Gasteiger partial charge in [0.25, 0.3) is 0 Å². The summed E-state index contributed by atoms with van der Waals surface area (Å²) in [5.74, 6) is -0.490. The fourth-order valence-electron chi connectivity index (χ4n) is 1.30. The second kappa shape index (κ2) is 6.37. The van der Waals surface area contributed by atoms with Crippen molar-refractivity contribution in [3.05, 3.63) is 34.9 Å². The van der Waals surface area contributed by atoms with E-state index in [2.05, 4.69) is 0 Å². The largest absolute Gasteiger partial charge is 0.382 e. The monoisotopic (exact) mass is 238 g/mol. The first-order valence-corrected chi connectivity index (χ1v) is 5.48. The molecule has 1 aromatic rings. The Morgan fingerprint density at radius 2 is 2.00 bits per heavy atom. The molecule has 1 atom stereocenters. The molecule has 1 rings (SSSR count). The first-order valence-electron chi connectivity index (χ1n) is 5.48. The smallest absolute Gasteiger partial charge is 0.373 e. The highest BCUT2D eigenvalue weighted by atomic mass is 17.2. The van der Waals surface area contributed by atoms with Gasteiger partial charge in [-0.1, -0.05) is 6.07 Å². The van der Waals surface area contributed by atoms with Crippen molar-refractivity contribution in [2.45, 2.75) is 26.9 Å². The van der Waals surface area contributed by atoms with Crippen LogP contribution in [0, 0.1) is 13.8 Å². The summed E-state index contributed by atoms with van der Waals surface area (Å²) in [6.45, 7) is 6.07. The average Bonchev–Trinajstić information content (AvgIpc) is 2.30. The Balaban J connectivity index is 2.55. The van der Waals surface area contributed by atoms with Crippen LogP contribution in [0.1, 0.15) is 28.4 Å². The van der Waals surface area contributed by atoms with E-state index in [1.54, 1.807) is 26.2 Å². The van der Waals surface area contributed by atoms with Gasteiger partial charge in [-0.2, -0.15) is 4.89 Å². The maximum Gasteiger partial charge on any atom is 0.373 e. The van der Waals surface area contributed by atoms with E-state index < -0.39 is 5.97 Å². The fraction of sp³-hybridized carbons (Fsp3) is 0.462. The molecule has 0 amide bonds. The topological polar surface area (TPSA) is 44.8 Å². The Morgan fingerprint density at radius 1 is 1.29 bits per heavy atom. The van der Waals surface area contributed by atoms with Gasteiger partial charge in [0.1, 0.15) is 6.10 Å². The lowest BCUT2D eigenvalue weighted by molar-refractivity contribution is -0.276. The van der Waals surface area contributed by atoms with E-state index in [1.165, 1.54) is 0 Å². The Bertz CT molecular complexity index is 387. The third-order valence-corrected chi connectivity index (χ3v) is 2.43. The quantitative estimate of drug-likeness (QED) is 0.583. The first-order chi connectivity index (χ1) is 8.04. The van der Waals surface area contributed by atoms with Gasteiger partial charge < -0.3 is 4.74 Å². The minimum atomic E-state index is -0.490. The summed E-state index contributed by atoms with van der Waals surface area (Å²) in [5, 5.41) is 0. The SMILES string of the molecule is COCC(C)OOC(=O)c1ccc(C)c(C)c1. The normalized spacial score (nSPS) is 12.2. The van der Waals surface area contributed by atoms with Crippen LogP contribution in [0.4, 0.5) is 0 Å². The molecule has 0 spiro atoms. The molecule has 0 bridgehead atoms. The third kappa shape index (κ3) is 4.17. The van der Waals surface area contributed by atoms with Gasteiger partial charge in [0, 0.05) is 7.11 Å². The maximum absolute atomic E-state index is 11.6. The fourth-order valence-corrected chi connectivity index (χ4v) is 1.30. The number of rotatable bonds is 5. The van der Waals surface area contributed by atoms with E-state index in [9.17, 15) is 4.79 Å². The number of carbonyl (C=O) groups excluding carboxylic acids is 1. The van der Waals surface area contributed by atoms with Crippen LogP contribution in [-0.2, 0) is 14.5 Å². The standard InChI is InChI=1S/C13H18O4/c1-9-5-6-12(7-10(9)2)13(14)17-16-11(3)8-15-4/h5-7,11H,8H2,1-4H3. The van der Waals surface area contributed by atoms with Crippen LogP contribution < -0.4 is 0 Å². The highest BCUT2D eigenvalue weighted by Gasteiger charge is 2.11. The molecular formula is C13H18O4. The summed E-state index contributed by atoms with van der Waals surface area (Å²) in [6.07, 6.45) is -0.282. The maximum atomic E-state index is 11.6. The third-order valence-electron chi connectivity index (χ3n) is 2.43. The van der Waals surface area contributed by atoms with Crippen molar-refractivity contribution in [1.82, 2.24) is 0 Å². The number of hydrogen-bond acceptors (Lipinski definition) is 4. The van der Waals surface area contributed by atoms with E-state index in [-0.39, 0.29) is 6.10 Å². The lowest BCUT2D eigenvalue weighted by Gasteiger charge is -2.10. The number of benzene rings is 1. The summed E-state index contributed by atoms with van der Waals surface area (Å²) < 4.78 is 4.86. The predicted octanol–water partition coefficient (Wildman–Crippen LogP) is 2.43. The van der Waals surface area contributed by atoms with Crippen molar-refractivity contribution >= 4 is 5.97 Å². The van der Waals surface area contributed by atoms with Crippen LogP contribution in [0.2, 0.25) is 0 Å². The molecule has 0 fully saturated rings. The van der Waals surface area contributed by atoms with Crippen LogP contribution in [0.3, 0.4) is 0 Å². The Morgan fingerprint density at radius 3 is 2.59 bits per heavy atom. The number of ether oxygens (including phenoxy) is 1. The van der Waals surface area contributed by atoms with E-state index >= 15 is 0 Å². The van der Waals surface area contributed by atoms with Gasteiger partial charge >= 0.3 is 5.97 Å². The minimum absolute atomic E-state index is 0.282. The molecule has 4 heteroatoms. The molecule has 0 aliphatic heterocycles. The van der Waals surface area contributed by atoms with E-state index in [4.69, 9.17) is 14.5 Å².